The van der Waals surface area contributed by atoms with Crippen LogP contribution in [0.25, 0.3) is 22.4 Å². The molecular weight excluding hydrogens is 386 g/mol. The first-order chi connectivity index (χ1) is 14.5. The first-order valence-electron chi connectivity index (χ1n) is 9.09. The summed E-state index contributed by atoms with van der Waals surface area (Å²) in [5.74, 6) is -1.50. The van der Waals surface area contributed by atoms with E-state index in [-0.39, 0.29) is 5.56 Å². The number of nitrogens with one attached hydrogen (secondary N) is 1. The number of aromatic nitrogens is 2. The molecule has 0 radical (unpaired) electrons. The van der Waals surface area contributed by atoms with Gasteiger partial charge in [-0.1, -0.05) is 18.2 Å². The van der Waals surface area contributed by atoms with E-state index in [1.807, 2.05) is 0 Å². The Balaban J connectivity index is 1.51. The Morgan fingerprint density at radius 2 is 1.93 bits per heavy atom. The zero-order chi connectivity index (χ0) is 21.1. The molecule has 0 atom stereocenters. The van der Waals surface area contributed by atoms with Gasteiger partial charge in [0, 0.05) is 18.6 Å². The second-order valence-electron chi connectivity index (χ2n) is 6.51. The maximum absolute atomic E-state index is 12.7. The Bertz CT molecular complexity index is 1240. The molecule has 1 N–H and O–H groups in total. The Kier molecular flexibility index (Phi) is 5.13. The third-order valence-electron chi connectivity index (χ3n) is 4.47. The third-order valence-corrected chi connectivity index (χ3v) is 4.47. The normalized spacial score (nSPS) is 10.7. The van der Waals surface area contributed by atoms with E-state index in [1.165, 1.54) is 6.26 Å². The van der Waals surface area contributed by atoms with Crippen molar-refractivity contribution in [2.75, 3.05) is 6.61 Å². The SMILES string of the molecule is Cn1cccc1C(=O)NC(=O)COC(=O)c1cc(-c2ccco2)nc2ccccc12. The Morgan fingerprint density at radius 1 is 1.10 bits per heavy atom. The molecule has 4 rings (SSSR count). The first-order valence-corrected chi connectivity index (χ1v) is 9.09. The van der Waals surface area contributed by atoms with Gasteiger partial charge in [-0.3, -0.25) is 14.9 Å². The average molecular weight is 403 g/mol. The van der Waals surface area contributed by atoms with Gasteiger partial charge in [0.1, 0.15) is 11.4 Å². The van der Waals surface area contributed by atoms with Crippen molar-refractivity contribution >= 4 is 28.7 Å². The summed E-state index contributed by atoms with van der Waals surface area (Å²) in [4.78, 5) is 41.4. The molecule has 3 heterocycles. The Labute approximate surface area is 171 Å². The molecular formula is C22H17N3O5. The lowest BCUT2D eigenvalue weighted by Crippen LogP contribution is -2.35. The van der Waals surface area contributed by atoms with Crippen LogP contribution in [0.1, 0.15) is 20.8 Å². The number of rotatable bonds is 5. The van der Waals surface area contributed by atoms with Crippen LogP contribution < -0.4 is 5.32 Å². The van der Waals surface area contributed by atoms with E-state index in [0.717, 1.165) is 0 Å². The molecule has 0 unspecified atom stereocenters. The molecule has 0 bridgehead atoms. The number of carbonyl (C=O) groups excluding carboxylic acids is 3. The number of nitrogens with zero attached hydrogens (tertiary/aromatic N) is 2. The van der Waals surface area contributed by atoms with Crippen LogP contribution in [0, 0.1) is 0 Å². The molecule has 0 spiro atoms. The van der Waals surface area contributed by atoms with Gasteiger partial charge in [-0.25, -0.2) is 9.78 Å². The summed E-state index contributed by atoms with van der Waals surface area (Å²) in [6.07, 6.45) is 3.20. The highest BCUT2D eigenvalue weighted by atomic mass is 16.5. The molecule has 8 nitrogen and oxygen atoms in total. The van der Waals surface area contributed by atoms with E-state index >= 15 is 0 Å². The van der Waals surface area contributed by atoms with E-state index < -0.39 is 24.4 Å². The number of esters is 1. The summed E-state index contributed by atoms with van der Waals surface area (Å²) in [7, 11) is 1.69. The standard InChI is InChI=1S/C22H17N3O5/c1-25-10-4-8-18(25)21(27)24-20(26)13-30-22(28)15-12-17(19-9-5-11-29-19)23-16-7-3-2-6-14(15)16/h2-12H,13H2,1H3,(H,24,26,27). The van der Waals surface area contributed by atoms with Gasteiger partial charge in [-0.05, 0) is 36.4 Å². The topological polar surface area (TPSA) is 103 Å². The van der Waals surface area contributed by atoms with Gasteiger partial charge in [-0.15, -0.1) is 0 Å². The van der Waals surface area contributed by atoms with Gasteiger partial charge in [-0.2, -0.15) is 0 Å². The van der Waals surface area contributed by atoms with Crippen molar-refractivity contribution in [1.82, 2.24) is 14.9 Å². The molecule has 150 valence electrons. The Hall–Kier alpha value is -4.20. The minimum Gasteiger partial charge on any atom is -0.463 e. The fraction of sp³-hybridized carbons (Fsp3) is 0.0909. The summed E-state index contributed by atoms with van der Waals surface area (Å²) >= 11 is 0. The monoisotopic (exact) mass is 403 g/mol. The predicted molar refractivity (Wildman–Crippen MR) is 108 cm³/mol. The largest absolute Gasteiger partial charge is 0.463 e. The van der Waals surface area contributed by atoms with Crippen LogP contribution in [0.2, 0.25) is 0 Å². The number of amides is 2. The van der Waals surface area contributed by atoms with Crippen molar-refractivity contribution in [3.63, 3.8) is 0 Å². The number of pyridine rings is 1. The smallest absolute Gasteiger partial charge is 0.339 e. The summed E-state index contributed by atoms with van der Waals surface area (Å²) in [5, 5.41) is 2.78. The summed E-state index contributed by atoms with van der Waals surface area (Å²) < 4.78 is 12.1. The van der Waals surface area contributed by atoms with Gasteiger partial charge in [0.25, 0.3) is 11.8 Å². The highest BCUT2D eigenvalue weighted by Crippen LogP contribution is 2.25. The Morgan fingerprint density at radius 3 is 2.67 bits per heavy atom. The maximum Gasteiger partial charge on any atom is 0.339 e. The van der Waals surface area contributed by atoms with Gasteiger partial charge < -0.3 is 13.7 Å². The zero-order valence-corrected chi connectivity index (χ0v) is 16.0. The zero-order valence-electron chi connectivity index (χ0n) is 16.0. The number of aryl methyl sites for hydroxylation is 1. The van der Waals surface area contributed by atoms with Gasteiger partial charge in [0.05, 0.1) is 17.3 Å². The lowest BCUT2D eigenvalue weighted by molar-refractivity contribution is -0.123. The number of furan rings is 1. The molecule has 2 amide bonds. The number of imide groups is 1. The second kappa shape index (κ2) is 8.04. The van der Waals surface area contributed by atoms with E-state index in [0.29, 0.717) is 28.1 Å². The molecule has 0 fully saturated rings. The molecule has 0 saturated heterocycles. The van der Waals surface area contributed by atoms with Crippen LogP contribution in [0.3, 0.4) is 0 Å². The van der Waals surface area contributed by atoms with E-state index in [2.05, 4.69) is 10.3 Å². The average Bonchev–Trinajstić information content (AvgIpc) is 3.43. The molecule has 30 heavy (non-hydrogen) atoms. The number of ether oxygens (including phenoxy) is 1. The van der Waals surface area contributed by atoms with Crippen molar-refractivity contribution in [3.05, 3.63) is 78.3 Å². The number of hydrogen-bond acceptors (Lipinski definition) is 6. The first kappa shape index (κ1) is 19.1. The minimum atomic E-state index is -0.723. The molecule has 0 aliphatic heterocycles. The van der Waals surface area contributed by atoms with Crippen molar-refractivity contribution in [2.45, 2.75) is 0 Å². The number of benzene rings is 1. The van der Waals surface area contributed by atoms with Crippen LogP contribution in [-0.4, -0.2) is 33.9 Å². The minimum absolute atomic E-state index is 0.244. The predicted octanol–water partition coefficient (Wildman–Crippen LogP) is 2.95. The summed E-state index contributed by atoms with van der Waals surface area (Å²) in [6.45, 7) is -0.596. The lowest BCUT2D eigenvalue weighted by atomic mass is 10.1. The second-order valence-corrected chi connectivity index (χ2v) is 6.51. The van der Waals surface area contributed by atoms with E-state index in [9.17, 15) is 14.4 Å². The number of para-hydroxylation sites is 1. The number of fused-ring (bicyclic) bond motifs is 1. The fourth-order valence-corrected chi connectivity index (χ4v) is 3.03. The van der Waals surface area contributed by atoms with Crippen LogP contribution in [0.15, 0.2) is 71.5 Å². The number of carbonyl (C=O) groups is 3. The maximum atomic E-state index is 12.7. The van der Waals surface area contributed by atoms with Gasteiger partial charge >= 0.3 is 5.97 Å². The highest BCUT2D eigenvalue weighted by molar-refractivity contribution is 6.07. The van der Waals surface area contributed by atoms with Crippen LogP contribution in [0.5, 0.6) is 0 Å². The van der Waals surface area contributed by atoms with Crippen molar-refractivity contribution in [3.8, 4) is 11.5 Å². The fourth-order valence-electron chi connectivity index (χ4n) is 3.03. The van der Waals surface area contributed by atoms with E-state index in [4.69, 9.17) is 9.15 Å². The molecule has 0 aliphatic rings. The van der Waals surface area contributed by atoms with Crippen LogP contribution in [0.4, 0.5) is 0 Å². The van der Waals surface area contributed by atoms with Crippen molar-refractivity contribution in [1.29, 1.82) is 0 Å². The summed E-state index contributed by atoms with van der Waals surface area (Å²) in [5.41, 5.74) is 1.61. The molecule has 4 aromatic rings. The van der Waals surface area contributed by atoms with Crippen molar-refractivity contribution < 1.29 is 23.5 Å². The molecule has 8 heteroatoms. The lowest BCUT2D eigenvalue weighted by Gasteiger charge is -2.09. The van der Waals surface area contributed by atoms with Crippen LogP contribution >= 0.6 is 0 Å². The molecule has 3 aromatic heterocycles. The molecule has 0 saturated carbocycles. The van der Waals surface area contributed by atoms with Crippen LogP contribution in [-0.2, 0) is 16.6 Å². The van der Waals surface area contributed by atoms with E-state index in [1.54, 1.807) is 72.4 Å². The molecule has 0 aliphatic carbocycles. The third kappa shape index (κ3) is 3.83. The van der Waals surface area contributed by atoms with Gasteiger partial charge in [0.2, 0.25) is 0 Å². The molecule has 1 aromatic carbocycles. The van der Waals surface area contributed by atoms with Gasteiger partial charge in [0.15, 0.2) is 12.4 Å². The summed E-state index contributed by atoms with van der Waals surface area (Å²) in [6, 6.07) is 15.4. The quantitative estimate of drug-likeness (QED) is 0.514. The van der Waals surface area contributed by atoms with Crippen molar-refractivity contribution in [2.24, 2.45) is 7.05 Å². The number of hydrogen-bond donors (Lipinski definition) is 1. The highest BCUT2D eigenvalue weighted by Gasteiger charge is 2.19.